The van der Waals surface area contributed by atoms with Crippen LogP contribution in [-0.4, -0.2) is 57.2 Å². The normalized spacial score (nSPS) is 18.1. The Morgan fingerprint density at radius 3 is 3.00 bits per heavy atom. The highest BCUT2D eigenvalue weighted by molar-refractivity contribution is 5.97. The second kappa shape index (κ2) is 5.38. The maximum absolute atomic E-state index is 12.7. The highest BCUT2D eigenvalue weighted by Crippen LogP contribution is 2.17. The fourth-order valence-corrected chi connectivity index (χ4v) is 2.45. The molecular formula is C13H16N6O. The van der Waals surface area contributed by atoms with Crippen LogP contribution in [-0.2, 0) is 0 Å². The zero-order valence-corrected chi connectivity index (χ0v) is 11.2. The van der Waals surface area contributed by atoms with Crippen molar-refractivity contribution >= 4 is 5.91 Å². The van der Waals surface area contributed by atoms with Crippen LogP contribution in [0.4, 0.5) is 0 Å². The predicted octanol–water partition coefficient (Wildman–Crippen LogP) is 0.0962. The summed E-state index contributed by atoms with van der Waals surface area (Å²) in [4.78, 5) is 14.5. The lowest BCUT2D eigenvalue weighted by Gasteiger charge is -2.24. The Hall–Kier alpha value is -2.28. The minimum Gasteiger partial charge on any atom is -0.337 e. The highest BCUT2D eigenvalue weighted by Gasteiger charge is 2.25. The summed E-state index contributed by atoms with van der Waals surface area (Å²) in [6.07, 6.45) is 2.47. The Bertz CT molecular complexity index is 591. The summed E-state index contributed by atoms with van der Waals surface area (Å²) in [5.41, 5.74) is 1.30. The van der Waals surface area contributed by atoms with E-state index in [-0.39, 0.29) is 11.9 Å². The van der Waals surface area contributed by atoms with E-state index in [9.17, 15) is 4.79 Å². The van der Waals surface area contributed by atoms with Gasteiger partial charge in [0, 0.05) is 19.6 Å². The number of rotatable bonds is 3. The van der Waals surface area contributed by atoms with Gasteiger partial charge in [-0.1, -0.05) is 12.1 Å². The van der Waals surface area contributed by atoms with Crippen molar-refractivity contribution in [2.24, 2.45) is 0 Å². The molecule has 0 saturated carbocycles. The first-order chi connectivity index (χ1) is 9.77. The van der Waals surface area contributed by atoms with E-state index >= 15 is 0 Å². The van der Waals surface area contributed by atoms with Gasteiger partial charge in [0.05, 0.1) is 11.3 Å². The molecule has 2 aromatic rings. The van der Waals surface area contributed by atoms with Crippen LogP contribution >= 0.6 is 0 Å². The Morgan fingerprint density at radius 2 is 2.30 bits per heavy atom. The van der Waals surface area contributed by atoms with E-state index in [1.54, 1.807) is 11.0 Å². The number of carbonyl (C=O) groups excluding carboxylic acids is 1. The molecule has 1 saturated heterocycles. The van der Waals surface area contributed by atoms with Gasteiger partial charge >= 0.3 is 0 Å². The molecule has 1 unspecified atom stereocenters. The summed E-state index contributed by atoms with van der Waals surface area (Å²) in [5, 5.41) is 14.4. The van der Waals surface area contributed by atoms with Crippen LogP contribution in [0.1, 0.15) is 16.8 Å². The molecule has 1 atom stereocenters. The first-order valence-corrected chi connectivity index (χ1v) is 6.57. The van der Waals surface area contributed by atoms with E-state index in [0.717, 1.165) is 19.5 Å². The number of carbonyl (C=O) groups is 1. The van der Waals surface area contributed by atoms with Crippen LogP contribution in [0.5, 0.6) is 0 Å². The number of likely N-dealkylation sites (N-methyl/N-ethyl adjacent to an activating group) is 1. The molecule has 0 aliphatic carbocycles. The van der Waals surface area contributed by atoms with Crippen molar-refractivity contribution in [3.63, 3.8) is 0 Å². The quantitative estimate of drug-likeness (QED) is 0.857. The smallest absolute Gasteiger partial charge is 0.256 e. The lowest BCUT2D eigenvalue weighted by Crippen LogP contribution is -2.38. The van der Waals surface area contributed by atoms with Gasteiger partial charge in [-0.25, -0.2) is 0 Å². The fourth-order valence-electron chi connectivity index (χ4n) is 2.45. The summed E-state index contributed by atoms with van der Waals surface area (Å²) in [5.74, 6) is -0.00944. The van der Waals surface area contributed by atoms with Gasteiger partial charge in [0.25, 0.3) is 5.91 Å². The zero-order chi connectivity index (χ0) is 13.9. The van der Waals surface area contributed by atoms with Crippen molar-refractivity contribution in [1.29, 1.82) is 0 Å². The minimum absolute atomic E-state index is 0.00944. The maximum Gasteiger partial charge on any atom is 0.256 e. The number of nitrogens with zero attached hydrogens (tertiary/aromatic N) is 5. The largest absolute Gasteiger partial charge is 0.337 e. The lowest BCUT2D eigenvalue weighted by atomic mass is 10.1. The zero-order valence-electron chi connectivity index (χ0n) is 11.2. The van der Waals surface area contributed by atoms with Gasteiger partial charge < -0.3 is 10.2 Å². The summed E-state index contributed by atoms with van der Waals surface area (Å²) >= 11 is 0. The van der Waals surface area contributed by atoms with Crippen molar-refractivity contribution in [3.8, 4) is 5.69 Å². The number of hydrogen-bond acceptors (Lipinski definition) is 5. The Morgan fingerprint density at radius 1 is 1.45 bits per heavy atom. The molecule has 1 aliphatic rings. The molecule has 3 rings (SSSR count). The van der Waals surface area contributed by atoms with E-state index in [2.05, 4.69) is 20.8 Å². The van der Waals surface area contributed by atoms with E-state index in [1.807, 2.05) is 25.2 Å². The molecule has 1 fully saturated rings. The molecule has 1 aromatic carbocycles. The number of tetrazole rings is 1. The van der Waals surface area contributed by atoms with Crippen molar-refractivity contribution in [1.82, 2.24) is 30.4 Å². The van der Waals surface area contributed by atoms with E-state index in [0.29, 0.717) is 11.3 Å². The highest BCUT2D eigenvalue weighted by atomic mass is 16.2. The van der Waals surface area contributed by atoms with Crippen molar-refractivity contribution in [2.45, 2.75) is 12.5 Å². The third-order valence-corrected chi connectivity index (χ3v) is 3.63. The first kappa shape index (κ1) is 12.7. The molecule has 1 N–H and O–H groups in total. The van der Waals surface area contributed by atoms with Crippen LogP contribution in [0.2, 0.25) is 0 Å². The molecule has 0 radical (unpaired) electrons. The first-order valence-electron chi connectivity index (χ1n) is 6.57. The van der Waals surface area contributed by atoms with Gasteiger partial charge in [0.1, 0.15) is 6.33 Å². The van der Waals surface area contributed by atoms with Gasteiger partial charge in [-0.05, 0) is 35.5 Å². The molecule has 0 spiro atoms. The maximum atomic E-state index is 12.7. The number of benzene rings is 1. The van der Waals surface area contributed by atoms with Crippen LogP contribution in [0, 0.1) is 0 Å². The van der Waals surface area contributed by atoms with Crippen molar-refractivity contribution in [2.75, 3.05) is 20.1 Å². The molecule has 0 bridgehead atoms. The average Bonchev–Trinajstić information content (AvgIpc) is 3.18. The SMILES string of the molecule is CN(C(=O)c1ccccc1-n1cnnn1)C1CCNC1. The Labute approximate surface area is 116 Å². The van der Waals surface area contributed by atoms with Crippen LogP contribution < -0.4 is 5.32 Å². The molecule has 2 heterocycles. The summed E-state index contributed by atoms with van der Waals surface area (Å²) < 4.78 is 1.51. The minimum atomic E-state index is -0.00944. The Balaban J connectivity index is 1.91. The van der Waals surface area contributed by atoms with Gasteiger partial charge in [-0.15, -0.1) is 5.10 Å². The molecule has 7 nitrogen and oxygen atoms in total. The second-order valence-corrected chi connectivity index (χ2v) is 4.83. The third-order valence-electron chi connectivity index (χ3n) is 3.63. The monoisotopic (exact) mass is 272 g/mol. The summed E-state index contributed by atoms with van der Waals surface area (Å²) in [7, 11) is 1.84. The molecule has 20 heavy (non-hydrogen) atoms. The Kier molecular flexibility index (Phi) is 3.42. The number of nitrogens with one attached hydrogen (secondary N) is 1. The van der Waals surface area contributed by atoms with Gasteiger partial charge in [-0.3, -0.25) is 4.79 Å². The van der Waals surface area contributed by atoms with E-state index in [1.165, 1.54) is 11.0 Å². The number of amides is 1. The third kappa shape index (κ3) is 2.27. The van der Waals surface area contributed by atoms with Gasteiger partial charge in [-0.2, -0.15) is 4.68 Å². The van der Waals surface area contributed by atoms with Gasteiger partial charge in [0.2, 0.25) is 0 Å². The van der Waals surface area contributed by atoms with Crippen LogP contribution in [0.25, 0.3) is 5.69 Å². The summed E-state index contributed by atoms with van der Waals surface area (Å²) in [6, 6.07) is 7.60. The van der Waals surface area contributed by atoms with Gasteiger partial charge in [0.15, 0.2) is 0 Å². The average molecular weight is 272 g/mol. The molecule has 1 aliphatic heterocycles. The number of hydrogen-bond donors (Lipinski definition) is 1. The predicted molar refractivity (Wildman–Crippen MR) is 72.5 cm³/mol. The number of aromatic nitrogens is 4. The van der Waals surface area contributed by atoms with Crippen LogP contribution in [0.3, 0.4) is 0 Å². The van der Waals surface area contributed by atoms with E-state index < -0.39 is 0 Å². The molecule has 104 valence electrons. The molecule has 1 aromatic heterocycles. The summed E-state index contributed by atoms with van der Waals surface area (Å²) in [6.45, 7) is 1.80. The van der Waals surface area contributed by atoms with E-state index in [4.69, 9.17) is 0 Å². The standard InChI is InChI=1S/C13H16N6O/c1-18(10-6-7-14-8-10)13(20)11-4-2-3-5-12(11)19-9-15-16-17-19/h2-5,9-10,14H,6-8H2,1H3. The number of para-hydroxylation sites is 1. The second-order valence-electron chi connectivity index (χ2n) is 4.83. The van der Waals surface area contributed by atoms with Crippen molar-refractivity contribution < 1.29 is 4.79 Å². The topological polar surface area (TPSA) is 75.9 Å². The lowest BCUT2D eigenvalue weighted by molar-refractivity contribution is 0.0743. The molecule has 1 amide bonds. The molecule has 7 heteroatoms. The molecular weight excluding hydrogens is 256 g/mol. The fraction of sp³-hybridized carbons (Fsp3) is 0.385. The van der Waals surface area contributed by atoms with Crippen molar-refractivity contribution in [3.05, 3.63) is 36.2 Å². The van der Waals surface area contributed by atoms with Crippen LogP contribution in [0.15, 0.2) is 30.6 Å².